The summed E-state index contributed by atoms with van der Waals surface area (Å²) in [6.07, 6.45) is 8.19. The maximum atomic E-state index is 12.7. The standard InChI is InChI=1S/C20H22ClNO3/c1-24-19(23)18-20(9-11-25-12-10-20)16-4-2-3-15(16)17(22-18)13-5-7-14(21)8-6-13/h2-8,15,17-18,22H,9-12H2,1H3. The van der Waals surface area contributed by atoms with Crippen LogP contribution in [0, 0.1) is 11.3 Å². The second-order valence-corrected chi connectivity index (χ2v) is 7.39. The Bertz CT molecular complexity index is 719. The Morgan fingerprint density at radius 2 is 2.00 bits per heavy atom. The van der Waals surface area contributed by atoms with Crippen LogP contribution in [0.2, 0.25) is 5.02 Å². The van der Waals surface area contributed by atoms with E-state index in [0.717, 1.165) is 18.4 Å². The van der Waals surface area contributed by atoms with Crippen LogP contribution in [-0.2, 0) is 14.3 Å². The molecule has 0 saturated carbocycles. The molecule has 3 aliphatic rings. The van der Waals surface area contributed by atoms with Gasteiger partial charge >= 0.3 is 5.97 Å². The van der Waals surface area contributed by atoms with E-state index in [1.807, 2.05) is 24.3 Å². The minimum Gasteiger partial charge on any atom is -0.468 e. The number of piperidine rings is 1. The summed E-state index contributed by atoms with van der Waals surface area (Å²) in [6, 6.07) is 7.50. The first-order valence-electron chi connectivity index (χ1n) is 8.72. The molecule has 2 fully saturated rings. The Balaban J connectivity index is 1.76. The van der Waals surface area contributed by atoms with Crippen molar-refractivity contribution in [3.8, 4) is 0 Å². The summed E-state index contributed by atoms with van der Waals surface area (Å²) in [5.41, 5.74) is 2.22. The van der Waals surface area contributed by atoms with E-state index in [-0.39, 0.29) is 29.4 Å². The minimum atomic E-state index is -0.371. The van der Waals surface area contributed by atoms with Crippen molar-refractivity contribution in [2.75, 3.05) is 20.3 Å². The average molecular weight is 360 g/mol. The molecule has 1 aromatic carbocycles. The summed E-state index contributed by atoms with van der Waals surface area (Å²) < 4.78 is 10.7. The number of carbonyl (C=O) groups is 1. The van der Waals surface area contributed by atoms with Crippen LogP contribution in [0.4, 0.5) is 0 Å². The van der Waals surface area contributed by atoms with Crippen LogP contribution < -0.4 is 5.32 Å². The van der Waals surface area contributed by atoms with E-state index in [4.69, 9.17) is 21.1 Å². The topological polar surface area (TPSA) is 47.6 Å². The van der Waals surface area contributed by atoms with Crippen molar-refractivity contribution < 1.29 is 14.3 Å². The third-order valence-electron chi connectivity index (χ3n) is 5.84. The Kier molecular flexibility index (Phi) is 4.44. The second-order valence-electron chi connectivity index (χ2n) is 6.95. The summed E-state index contributed by atoms with van der Waals surface area (Å²) in [6.45, 7) is 1.34. The molecule has 4 nitrogen and oxygen atoms in total. The number of carbonyl (C=O) groups excluding carboxylic acids is 1. The smallest absolute Gasteiger partial charge is 0.323 e. The molecule has 2 saturated heterocycles. The highest BCUT2D eigenvalue weighted by Crippen LogP contribution is 2.53. The zero-order valence-corrected chi connectivity index (χ0v) is 15.0. The zero-order chi connectivity index (χ0) is 17.4. The van der Waals surface area contributed by atoms with Crippen LogP contribution >= 0.6 is 11.6 Å². The summed E-state index contributed by atoms with van der Waals surface area (Å²) in [5.74, 6) is 0.0345. The first-order chi connectivity index (χ1) is 12.2. The van der Waals surface area contributed by atoms with Gasteiger partial charge in [0.15, 0.2) is 0 Å². The number of allylic oxidation sites excluding steroid dienone is 2. The lowest BCUT2D eigenvalue weighted by Crippen LogP contribution is -2.60. The van der Waals surface area contributed by atoms with Gasteiger partial charge in [-0.05, 0) is 30.5 Å². The van der Waals surface area contributed by atoms with Crippen molar-refractivity contribution in [2.45, 2.75) is 24.9 Å². The summed E-state index contributed by atoms with van der Waals surface area (Å²) in [7, 11) is 1.46. The van der Waals surface area contributed by atoms with Crippen LogP contribution in [0.3, 0.4) is 0 Å². The van der Waals surface area contributed by atoms with Gasteiger partial charge in [-0.25, -0.2) is 0 Å². The highest BCUT2D eigenvalue weighted by Gasteiger charge is 2.55. The van der Waals surface area contributed by atoms with Gasteiger partial charge in [0, 0.05) is 35.6 Å². The molecule has 3 unspecified atom stereocenters. The number of fused-ring (bicyclic) bond motifs is 2. The molecular formula is C20H22ClNO3. The fourth-order valence-corrected chi connectivity index (χ4v) is 4.72. The van der Waals surface area contributed by atoms with Crippen molar-refractivity contribution in [2.24, 2.45) is 11.3 Å². The van der Waals surface area contributed by atoms with E-state index < -0.39 is 0 Å². The molecule has 3 atom stereocenters. The molecule has 4 rings (SSSR count). The van der Waals surface area contributed by atoms with Gasteiger partial charge in [0.2, 0.25) is 0 Å². The number of benzene rings is 1. The molecule has 132 valence electrons. The monoisotopic (exact) mass is 359 g/mol. The van der Waals surface area contributed by atoms with Crippen LogP contribution in [-0.4, -0.2) is 32.3 Å². The molecular weight excluding hydrogens is 338 g/mol. The molecule has 0 amide bonds. The Morgan fingerprint density at radius 3 is 2.68 bits per heavy atom. The highest BCUT2D eigenvalue weighted by molar-refractivity contribution is 6.30. The third-order valence-corrected chi connectivity index (χ3v) is 6.09. The number of rotatable bonds is 2. The van der Waals surface area contributed by atoms with Crippen LogP contribution in [0.25, 0.3) is 0 Å². The number of methoxy groups -OCH3 is 1. The lowest BCUT2D eigenvalue weighted by molar-refractivity contribution is -0.150. The van der Waals surface area contributed by atoms with Crippen molar-refractivity contribution in [1.82, 2.24) is 5.32 Å². The number of nitrogens with one attached hydrogen (secondary N) is 1. The van der Waals surface area contributed by atoms with Gasteiger partial charge in [0.05, 0.1) is 7.11 Å². The lowest BCUT2D eigenvalue weighted by Gasteiger charge is -2.52. The Morgan fingerprint density at radius 1 is 1.28 bits per heavy atom. The fourth-order valence-electron chi connectivity index (χ4n) is 4.59. The molecule has 2 heterocycles. The van der Waals surface area contributed by atoms with Gasteiger partial charge in [-0.2, -0.15) is 0 Å². The predicted molar refractivity (Wildman–Crippen MR) is 96.3 cm³/mol. The second kappa shape index (κ2) is 6.60. The van der Waals surface area contributed by atoms with E-state index in [1.54, 1.807) is 0 Å². The molecule has 1 N–H and O–H groups in total. The molecule has 5 heteroatoms. The van der Waals surface area contributed by atoms with Gasteiger partial charge in [-0.1, -0.05) is 47.5 Å². The fraction of sp³-hybridized carbons (Fsp3) is 0.450. The first-order valence-corrected chi connectivity index (χ1v) is 9.09. The summed E-state index contributed by atoms with van der Waals surface area (Å²) in [5, 5.41) is 4.32. The number of esters is 1. The van der Waals surface area contributed by atoms with Crippen molar-refractivity contribution in [1.29, 1.82) is 0 Å². The quantitative estimate of drug-likeness (QED) is 0.822. The molecule has 0 aromatic heterocycles. The average Bonchev–Trinajstić information content (AvgIpc) is 3.14. The third kappa shape index (κ3) is 2.73. The Labute approximate surface area is 152 Å². The summed E-state index contributed by atoms with van der Waals surface area (Å²) >= 11 is 6.05. The van der Waals surface area contributed by atoms with Crippen LogP contribution in [0.15, 0.2) is 48.1 Å². The zero-order valence-electron chi connectivity index (χ0n) is 14.2. The summed E-state index contributed by atoms with van der Waals surface area (Å²) in [4.78, 5) is 12.7. The van der Waals surface area contributed by atoms with E-state index in [2.05, 4.69) is 23.5 Å². The molecule has 1 spiro atoms. The van der Waals surface area contributed by atoms with E-state index in [9.17, 15) is 4.79 Å². The van der Waals surface area contributed by atoms with Crippen molar-refractivity contribution in [3.63, 3.8) is 0 Å². The molecule has 2 aliphatic heterocycles. The number of hydrogen-bond donors (Lipinski definition) is 1. The molecule has 0 radical (unpaired) electrons. The molecule has 1 aromatic rings. The predicted octanol–water partition coefficient (Wildman–Crippen LogP) is 3.44. The van der Waals surface area contributed by atoms with E-state index in [1.165, 1.54) is 12.7 Å². The van der Waals surface area contributed by atoms with Gasteiger partial charge in [-0.15, -0.1) is 0 Å². The van der Waals surface area contributed by atoms with E-state index >= 15 is 0 Å². The van der Waals surface area contributed by atoms with Gasteiger partial charge in [0.1, 0.15) is 6.04 Å². The largest absolute Gasteiger partial charge is 0.468 e. The first kappa shape index (κ1) is 16.8. The number of ether oxygens (including phenoxy) is 2. The van der Waals surface area contributed by atoms with Crippen LogP contribution in [0.1, 0.15) is 24.4 Å². The normalized spacial score (nSPS) is 30.0. The maximum Gasteiger partial charge on any atom is 0.323 e. The van der Waals surface area contributed by atoms with Gasteiger partial charge in [-0.3, -0.25) is 10.1 Å². The molecule has 25 heavy (non-hydrogen) atoms. The highest BCUT2D eigenvalue weighted by atomic mass is 35.5. The number of halogens is 1. The molecule has 1 aliphatic carbocycles. The SMILES string of the molecule is COC(=O)C1NC(c2ccc(Cl)cc2)C2C=CC=C2C12CCOCC2. The van der Waals surface area contributed by atoms with Crippen LogP contribution in [0.5, 0.6) is 0 Å². The molecule has 0 bridgehead atoms. The number of hydrogen-bond acceptors (Lipinski definition) is 4. The van der Waals surface area contributed by atoms with Crippen molar-refractivity contribution >= 4 is 17.6 Å². The Hall–Kier alpha value is -1.62. The van der Waals surface area contributed by atoms with E-state index in [0.29, 0.717) is 18.2 Å². The van der Waals surface area contributed by atoms with Gasteiger partial charge < -0.3 is 9.47 Å². The maximum absolute atomic E-state index is 12.7. The van der Waals surface area contributed by atoms with Gasteiger partial charge in [0.25, 0.3) is 0 Å². The van der Waals surface area contributed by atoms with Crippen molar-refractivity contribution in [3.05, 3.63) is 58.7 Å². The minimum absolute atomic E-state index is 0.0276. The lowest BCUT2D eigenvalue weighted by atomic mass is 9.61.